The van der Waals surface area contributed by atoms with Crippen LogP contribution in [0.1, 0.15) is 36.0 Å². The Morgan fingerprint density at radius 3 is 2.83 bits per heavy atom. The van der Waals surface area contributed by atoms with Gasteiger partial charge in [0.15, 0.2) is 0 Å². The third-order valence-electron chi connectivity index (χ3n) is 3.94. The van der Waals surface area contributed by atoms with Crippen LogP contribution in [0.2, 0.25) is 0 Å². The second-order valence-corrected chi connectivity index (χ2v) is 6.63. The summed E-state index contributed by atoms with van der Waals surface area (Å²) in [6.07, 6.45) is 2.53. The highest BCUT2D eigenvalue weighted by Gasteiger charge is 2.34. The summed E-state index contributed by atoms with van der Waals surface area (Å²) in [6.45, 7) is 1.10. The monoisotopic (exact) mass is 337 g/mol. The van der Waals surface area contributed by atoms with Gasteiger partial charge >= 0.3 is 0 Å². The average molecular weight is 337 g/mol. The van der Waals surface area contributed by atoms with Crippen LogP contribution in [0.5, 0.6) is 0 Å². The third kappa shape index (κ3) is 4.54. The Kier molecular flexibility index (Phi) is 6.15. The minimum Gasteiger partial charge on any atom is -0.352 e. The molecule has 1 aliphatic heterocycles. The Bertz CT molecular complexity index is 557. The molecule has 1 aromatic heterocycles. The van der Waals surface area contributed by atoms with Crippen LogP contribution >= 0.6 is 11.3 Å². The van der Waals surface area contributed by atoms with Gasteiger partial charge in [-0.05, 0) is 30.7 Å². The molecule has 1 aliphatic rings. The fourth-order valence-corrected chi connectivity index (χ4v) is 3.34. The van der Waals surface area contributed by atoms with Gasteiger partial charge in [-0.3, -0.25) is 14.4 Å². The molecular weight excluding hydrogens is 314 g/mol. The van der Waals surface area contributed by atoms with Gasteiger partial charge in [0.25, 0.3) is 5.91 Å². The van der Waals surface area contributed by atoms with Crippen LogP contribution in [-0.2, 0) is 9.59 Å². The van der Waals surface area contributed by atoms with E-state index >= 15 is 0 Å². The number of nitrogens with one attached hydrogen (secondary N) is 1. The van der Waals surface area contributed by atoms with E-state index in [0.717, 1.165) is 12.8 Å². The number of hydrogen-bond donors (Lipinski definition) is 1. The minimum absolute atomic E-state index is 0.00696. The standard InChI is InChI=1S/C16H23N3O3S/c1-18(2)16(22)13-5-4-9-19(13)14(20)6-3-8-17-15(21)12-7-10-23-11-12/h7,10-11,13H,3-6,8-9H2,1-2H3,(H,17,21). The van der Waals surface area contributed by atoms with Crippen molar-refractivity contribution in [2.75, 3.05) is 27.2 Å². The van der Waals surface area contributed by atoms with Crippen LogP contribution in [0, 0.1) is 0 Å². The first-order valence-electron chi connectivity index (χ1n) is 7.81. The van der Waals surface area contributed by atoms with Crippen LogP contribution < -0.4 is 5.32 Å². The summed E-state index contributed by atoms with van der Waals surface area (Å²) in [4.78, 5) is 39.4. The molecule has 2 heterocycles. The van der Waals surface area contributed by atoms with E-state index in [9.17, 15) is 14.4 Å². The summed E-state index contributed by atoms with van der Waals surface area (Å²) in [6, 6.07) is 1.45. The first-order valence-corrected chi connectivity index (χ1v) is 8.76. The summed E-state index contributed by atoms with van der Waals surface area (Å²) < 4.78 is 0. The largest absolute Gasteiger partial charge is 0.352 e. The van der Waals surface area contributed by atoms with Crippen molar-refractivity contribution in [1.29, 1.82) is 0 Å². The van der Waals surface area contributed by atoms with Crippen molar-refractivity contribution in [2.45, 2.75) is 31.7 Å². The van der Waals surface area contributed by atoms with Crippen LogP contribution in [0.3, 0.4) is 0 Å². The fraction of sp³-hybridized carbons (Fsp3) is 0.562. The highest BCUT2D eigenvalue weighted by molar-refractivity contribution is 7.08. The van der Waals surface area contributed by atoms with Gasteiger partial charge in [0.2, 0.25) is 11.8 Å². The number of hydrogen-bond acceptors (Lipinski definition) is 4. The summed E-state index contributed by atoms with van der Waals surface area (Å²) >= 11 is 1.48. The van der Waals surface area contributed by atoms with Crippen molar-refractivity contribution < 1.29 is 14.4 Å². The molecule has 6 nitrogen and oxygen atoms in total. The Morgan fingerprint density at radius 1 is 1.39 bits per heavy atom. The van der Waals surface area contributed by atoms with Gasteiger partial charge in [0.1, 0.15) is 6.04 Å². The van der Waals surface area contributed by atoms with Gasteiger partial charge in [-0.15, -0.1) is 0 Å². The van der Waals surface area contributed by atoms with E-state index in [-0.39, 0.29) is 23.8 Å². The number of likely N-dealkylation sites (N-methyl/N-ethyl adjacent to an activating group) is 1. The molecule has 126 valence electrons. The Labute approximate surface area is 140 Å². The zero-order valence-corrected chi connectivity index (χ0v) is 14.4. The Hall–Kier alpha value is -1.89. The smallest absolute Gasteiger partial charge is 0.252 e. The lowest BCUT2D eigenvalue weighted by Gasteiger charge is -2.26. The molecule has 0 spiro atoms. The van der Waals surface area contributed by atoms with Gasteiger partial charge < -0.3 is 15.1 Å². The fourth-order valence-electron chi connectivity index (χ4n) is 2.70. The maximum absolute atomic E-state index is 12.3. The van der Waals surface area contributed by atoms with E-state index < -0.39 is 0 Å². The molecule has 1 N–H and O–H groups in total. The quantitative estimate of drug-likeness (QED) is 0.797. The van der Waals surface area contributed by atoms with Crippen molar-refractivity contribution in [3.05, 3.63) is 22.4 Å². The van der Waals surface area contributed by atoms with Gasteiger partial charge in [-0.2, -0.15) is 11.3 Å². The van der Waals surface area contributed by atoms with Crippen molar-refractivity contribution in [3.8, 4) is 0 Å². The molecule has 1 atom stereocenters. The molecule has 2 rings (SSSR count). The number of thiophene rings is 1. The van der Waals surface area contributed by atoms with E-state index in [0.29, 0.717) is 31.5 Å². The molecule has 0 aromatic carbocycles. The molecule has 0 bridgehead atoms. The molecule has 1 saturated heterocycles. The third-order valence-corrected chi connectivity index (χ3v) is 4.62. The number of rotatable bonds is 6. The first kappa shape index (κ1) is 17.5. The number of nitrogens with zero attached hydrogens (tertiary/aromatic N) is 2. The van der Waals surface area contributed by atoms with E-state index in [4.69, 9.17) is 0 Å². The molecule has 3 amide bonds. The summed E-state index contributed by atoms with van der Waals surface area (Å²) in [5, 5.41) is 6.45. The second kappa shape index (κ2) is 8.10. The summed E-state index contributed by atoms with van der Waals surface area (Å²) in [5.74, 6) is -0.130. The SMILES string of the molecule is CN(C)C(=O)C1CCCN1C(=O)CCCNC(=O)c1ccsc1. The predicted molar refractivity (Wildman–Crippen MR) is 89.3 cm³/mol. The van der Waals surface area contributed by atoms with Crippen molar-refractivity contribution in [3.63, 3.8) is 0 Å². The van der Waals surface area contributed by atoms with Gasteiger partial charge in [-0.25, -0.2) is 0 Å². The summed E-state index contributed by atoms with van der Waals surface area (Å²) in [5.41, 5.74) is 0.650. The number of likely N-dealkylation sites (tertiary alicyclic amines) is 1. The van der Waals surface area contributed by atoms with Crippen molar-refractivity contribution >= 4 is 29.1 Å². The van der Waals surface area contributed by atoms with Crippen molar-refractivity contribution in [2.24, 2.45) is 0 Å². The lowest BCUT2D eigenvalue weighted by atomic mass is 10.2. The van der Waals surface area contributed by atoms with Gasteiger partial charge in [0, 0.05) is 44.5 Å². The van der Waals surface area contributed by atoms with Crippen LogP contribution in [-0.4, -0.2) is 60.7 Å². The predicted octanol–water partition coefficient (Wildman–Crippen LogP) is 1.34. The molecule has 0 saturated carbocycles. The molecular formula is C16H23N3O3S. The van der Waals surface area contributed by atoms with E-state index in [1.807, 2.05) is 5.38 Å². The molecule has 0 aliphatic carbocycles. The van der Waals surface area contributed by atoms with E-state index in [1.54, 1.807) is 30.4 Å². The molecule has 23 heavy (non-hydrogen) atoms. The van der Waals surface area contributed by atoms with Crippen molar-refractivity contribution in [1.82, 2.24) is 15.1 Å². The topological polar surface area (TPSA) is 69.7 Å². The maximum Gasteiger partial charge on any atom is 0.252 e. The Balaban J connectivity index is 1.74. The van der Waals surface area contributed by atoms with Crippen LogP contribution in [0.4, 0.5) is 0 Å². The van der Waals surface area contributed by atoms with Gasteiger partial charge in [-0.1, -0.05) is 0 Å². The van der Waals surface area contributed by atoms with Crippen LogP contribution in [0.25, 0.3) is 0 Å². The van der Waals surface area contributed by atoms with E-state index in [2.05, 4.69) is 5.32 Å². The molecule has 1 unspecified atom stereocenters. The number of amides is 3. The molecule has 7 heteroatoms. The highest BCUT2D eigenvalue weighted by atomic mass is 32.1. The lowest BCUT2D eigenvalue weighted by molar-refractivity contribution is -0.142. The highest BCUT2D eigenvalue weighted by Crippen LogP contribution is 2.20. The molecule has 1 fully saturated rings. The van der Waals surface area contributed by atoms with E-state index in [1.165, 1.54) is 16.2 Å². The molecule has 1 aromatic rings. The molecule has 0 radical (unpaired) electrons. The minimum atomic E-state index is -0.321. The second-order valence-electron chi connectivity index (χ2n) is 5.85. The Morgan fingerprint density at radius 2 is 2.17 bits per heavy atom. The average Bonchev–Trinajstić information content (AvgIpc) is 3.20. The maximum atomic E-state index is 12.3. The number of carbonyl (C=O) groups excluding carboxylic acids is 3. The zero-order valence-electron chi connectivity index (χ0n) is 13.6. The lowest BCUT2D eigenvalue weighted by Crippen LogP contribution is -2.45. The zero-order chi connectivity index (χ0) is 16.8. The van der Waals surface area contributed by atoms with Gasteiger partial charge in [0.05, 0.1) is 0 Å². The normalized spacial score (nSPS) is 17.1. The first-order chi connectivity index (χ1) is 11.0. The number of carbonyl (C=O) groups is 3. The van der Waals surface area contributed by atoms with Crippen LogP contribution in [0.15, 0.2) is 16.8 Å². The summed E-state index contributed by atoms with van der Waals surface area (Å²) in [7, 11) is 3.42.